The molecule has 0 bridgehead atoms. The van der Waals surface area contributed by atoms with Gasteiger partial charge in [0, 0.05) is 17.5 Å². The average Bonchev–Trinajstić information content (AvgIpc) is 2.44. The van der Waals surface area contributed by atoms with E-state index < -0.39 is 10.0 Å². The molecule has 1 aromatic carbocycles. The molecule has 7 nitrogen and oxygen atoms in total. The average molecular weight is 323 g/mol. The second-order valence-corrected chi connectivity index (χ2v) is 6.28. The van der Waals surface area contributed by atoms with E-state index in [1.807, 2.05) is 0 Å². The Labute approximate surface area is 129 Å². The molecule has 0 aliphatic carbocycles. The molecular weight excluding hydrogens is 306 g/mol. The molecule has 2 aromatic rings. The Hall–Kier alpha value is -2.35. The van der Waals surface area contributed by atoms with E-state index in [0.29, 0.717) is 22.9 Å². The van der Waals surface area contributed by atoms with Gasteiger partial charge in [0.2, 0.25) is 5.95 Å². The van der Waals surface area contributed by atoms with Crippen LogP contribution in [-0.2, 0) is 10.0 Å². The Morgan fingerprint density at radius 3 is 2.09 bits per heavy atom. The third-order valence-corrected chi connectivity index (χ3v) is 4.20. The predicted molar refractivity (Wildman–Crippen MR) is 81.9 cm³/mol. The smallest absolute Gasteiger partial charge is 0.264 e. The quantitative estimate of drug-likeness (QED) is 0.904. The zero-order valence-corrected chi connectivity index (χ0v) is 13.6. The molecule has 2 rings (SSSR count). The molecule has 0 spiro atoms. The molecule has 118 valence electrons. The Kier molecular flexibility index (Phi) is 4.51. The number of nitrogens with one attached hydrogen (secondary N) is 1. The number of ether oxygens (including phenoxy) is 2. The van der Waals surface area contributed by atoms with Crippen LogP contribution in [0.1, 0.15) is 11.4 Å². The molecule has 0 amide bonds. The lowest BCUT2D eigenvalue weighted by Gasteiger charge is -2.11. The van der Waals surface area contributed by atoms with Gasteiger partial charge in [-0.05, 0) is 32.0 Å². The van der Waals surface area contributed by atoms with Gasteiger partial charge >= 0.3 is 0 Å². The van der Waals surface area contributed by atoms with Gasteiger partial charge < -0.3 is 9.47 Å². The van der Waals surface area contributed by atoms with E-state index in [4.69, 9.17) is 9.47 Å². The number of hydrogen-bond acceptors (Lipinski definition) is 6. The van der Waals surface area contributed by atoms with Crippen LogP contribution in [0.3, 0.4) is 0 Å². The number of aromatic nitrogens is 2. The summed E-state index contributed by atoms with van der Waals surface area (Å²) in [6.45, 7) is 3.53. The largest absolute Gasteiger partial charge is 0.493 e. The summed E-state index contributed by atoms with van der Waals surface area (Å²) in [5.74, 6) is 0.808. The van der Waals surface area contributed by atoms with Crippen LogP contribution in [-0.4, -0.2) is 32.6 Å². The van der Waals surface area contributed by atoms with Crippen molar-refractivity contribution < 1.29 is 17.9 Å². The Morgan fingerprint density at radius 1 is 0.955 bits per heavy atom. The fourth-order valence-electron chi connectivity index (χ4n) is 1.93. The number of methoxy groups -OCH3 is 2. The van der Waals surface area contributed by atoms with Crippen molar-refractivity contribution in [1.29, 1.82) is 0 Å². The van der Waals surface area contributed by atoms with Gasteiger partial charge in [-0.15, -0.1) is 0 Å². The van der Waals surface area contributed by atoms with Crippen molar-refractivity contribution in [2.24, 2.45) is 0 Å². The summed E-state index contributed by atoms with van der Waals surface area (Å²) >= 11 is 0. The first-order valence-electron chi connectivity index (χ1n) is 6.43. The topological polar surface area (TPSA) is 90.4 Å². The first kappa shape index (κ1) is 16.0. The van der Waals surface area contributed by atoms with Crippen molar-refractivity contribution in [3.05, 3.63) is 35.7 Å². The molecule has 1 aromatic heterocycles. The van der Waals surface area contributed by atoms with Gasteiger partial charge in [0.1, 0.15) is 0 Å². The molecular formula is C14H17N3O4S. The molecule has 0 radical (unpaired) electrons. The summed E-state index contributed by atoms with van der Waals surface area (Å²) in [5.41, 5.74) is 1.36. The molecule has 0 aliphatic rings. The van der Waals surface area contributed by atoms with Crippen molar-refractivity contribution in [1.82, 2.24) is 9.97 Å². The highest BCUT2D eigenvalue weighted by Crippen LogP contribution is 2.29. The molecule has 0 saturated heterocycles. The van der Waals surface area contributed by atoms with Crippen LogP contribution in [0.5, 0.6) is 11.5 Å². The molecule has 8 heteroatoms. The van der Waals surface area contributed by atoms with Crippen LogP contribution < -0.4 is 14.2 Å². The number of aryl methyl sites for hydroxylation is 2. The third-order valence-electron chi connectivity index (χ3n) is 2.87. The van der Waals surface area contributed by atoms with Crippen LogP contribution >= 0.6 is 0 Å². The fourth-order valence-corrected chi connectivity index (χ4v) is 2.89. The maximum Gasteiger partial charge on any atom is 0.264 e. The highest BCUT2D eigenvalue weighted by molar-refractivity contribution is 7.92. The van der Waals surface area contributed by atoms with Crippen molar-refractivity contribution in [2.75, 3.05) is 18.9 Å². The summed E-state index contributed by atoms with van der Waals surface area (Å²) in [6.07, 6.45) is 0. The minimum absolute atomic E-state index is 0.0345. The molecule has 22 heavy (non-hydrogen) atoms. The summed E-state index contributed by atoms with van der Waals surface area (Å²) in [6, 6.07) is 6.08. The Bertz CT molecular complexity index is 770. The molecule has 1 heterocycles. The van der Waals surface area contributed by atoms with Crippen LogP contribution in [0.15, 0.2) is 29.2 Å². The van der Waals surface area contributed by atoms with Crippen molar-refractivity contribution in [3.8, 4) is 11.5 Å². The zero-order chi connectivity index (χ0) is 16.3. The van der Waals surface area contributed by atoms with Crippen molar-refractivity contribution >= 4 is 16.0 Å². The summed E-state index contributed by atoms with van der Waals surface area (Å²) in [5, 5.41) is 0. The number of nitrogens with zero attached hydrogens (tertiary/aromatic N) is 2. The summed E-state index contributed by atoms with van der Waals surface area (Å²) < 4.78 is 37.4. The monoisotopic (exact) mass is 323 g/mol. The molecule has 0 unspecified atom stereocenters. The second kappa shape index (κ2) is 6.18. The van der Waals surface area contributed by atoms with E-state index in [1.165, 1.54) is 32.4 Å². The zero-order valence-electron chi connectivity index (χ0n) is 12.7. The Balaban J connectivity index is 2.38. The van der Waals surface area contributed by atoms with Gasteiger partial charge in [0.25, 0.3) is 10.0 Å². The normalized spacial score (nSPS) is 11.1. The van der Waals surface area contributed by atoms with Gasteiger partial charge in [-0.3, -0.25) is 0 Å². The van der Waals surface area contributed by atoms with Crippen molar-refractivity contribution in [3.63, 3.8) is 0 Å². The van der Waals surface area contributed by atoms with Gasteiger partial charge in [-0.1, -0.05) is 0 Å². The lowest BCUT2D eigenvalue weighted by atomic mass is 10.3. The predicted octanol–water partition coefficient (Wildman–Crippen LogP) is 1.91. The summed E-state index contributed by atoms with van der Waals surface area (Å²) in [7, 11) is -0.896. The highest BCUT2D eigenvalue weighted by Gasteiger charge is 2.18. The molecule has 0 atom stereocenters. The number of rotatable bonds is 5. The molecule has 0 aliphatic heterocycles. The van der Waals surface area contributed by atoms with E-state index in [0.717, 1.165) is 0 Å². The van der Waals surface area contributed by atoms with E-state index in [2.05, 4.69) is 14.7 Å². The first-order chi connectivity index (χ1) is 10.4. The standard InChI is InChI=1S/C14H17N3O4S/c1-9-7-10(2)16-14(15-9)17-22(18,19)11-5-6-12(20-3)13(8-11)21-4/h5-8H,1-4H3,(H,15,16,17). The minimum atomic E-state index is -3.81. The molecule has 0 fully saturated rings. The fraction of sp³-hybridized carbons (Fsp3) is 0.286. The van der Waals surface area contributed by atoms with E-state index in [1.54, 1.807) is 19.9 Å². The maximum atomic E-state index is 12.4. The lowest BCUT2D eigenvalue weighted by molar-refractivity contribution is 0.354. The van der Waals surface area contributed by atoms with Crippen molar-refractivity contribution in [2.45, 2.75) is 18.7 Å². The van der Waals surface area contributed by atoms with Gasteiger partial charge in [-0.25, -0.2) is 23.1 Å². The summed E-state index contributed by atoms with van der Waals surface area (Å²) in [4.78, 5) is 8.16. The number of anilines is 1. The van der Waals surface area contributed by atoms with Crippen LogP contribution in [0.4, 0.5) is 5.95 Å². The van der Waals surface area contributed by atoms with E-state index >= 15 is 0 Å². The number of sulfonamides is 1. The highest BCUT2D eigenvalue weighted by atomic mass is 32.2. The van der Waals surface area contributed by atoms with Crippen LogP contribution in [0.25, 0.3) is 0 Å². The van der Waals surface area contributed by atoms with Gasteiger partial charge in [0.05, 0.1) is 19.1 Å². The second-order valence-electron chi connectivity index (χ2n) is 4.60. The van der Waals surface area contributed by atoms with E-state index in [-0.39, 0.29) is 10.8 Å². The lowest BCUT2D eigenvalue weighted by Crippen LogP contribution is -2.16. The number of benzene rings is 1. The number of hydrogen-bond donors (Lipinski definition) is 1. The molecule has 0 saturated carbocycles. The first-order valence-corrected chi connectivity index (χ1v) is 7.91. The minimum Gasteiger partial charge on any atom is -0.493 e. The van der Waals surface area contributed by atoms with E-state index in [9.17, 15) is 8.42 Å². The SMILES string of the molecule is COc1ccc(S(=O)(=O)Nc2nc(C)cc(C)n2)cc1OC. The van der Waals surface area contributed by atoms with Crippen LogP contribution in [0, 0.1) is 13.8 Å². The van der Waals surface area contributed by atoms with Crippen LogP contribution in [0.2, 0.25) is 0 Å². The Morgan fingerprint density at radius 2 is 1.55 bits per heavy atom. The third kappa shape index (κ3) is 3.45. The van der Waals surface area contributed by atoms with Gasteiger partial charge in [-0.2, -0.15) is 0 Å². The van der Waals surface area contributed by atoms with Gasteiger partial charge in [0.15, 0.2) is 11.5 Å². The molecule has 1 N–H and O–H groups in total. The maximum absolute atomic E-state index is 12.4.